The SMILES string of the molecule is CCCc1cccc(OC)c1-c1cc2c(C(C)=NC(C=NC)=CN)c(O)[nH]c2cc1C. The predicted molar refractivity (Wildman–Crippen MR) is 130 cm³/mol. The zero-order chi connectivity index (χ0) is 22.5. The normalized spacial score (nSPS) is 12.8. The van der Waals surface area contributed by atoms with E-state index in [1.807, 2.05) is 19.1 Å². The molecule has 0 atom stereocenters. The fourth-order valence-electron chi connectivity index (χ4n) is 3.99. The third-order valence-electron chi connectivity index (χ3n) is 5.34. The molecule has 162 valence electrons. The average molecular weight is 419 g/mol. The summed E-state index contributed by atoms with van der Waals surface area (Å²) in [7, 11) is 3.36. The Bertz CT molecular complexity index is 1190. The fraction of sp³-hybridized carbons (Fsp3) is 0.280. The highest BCUT2D eigenvalue weighted by atomic mass is 16.5. The van der Waals surface area contributed by atoms with Gasteiger partial charge in [-0.1, -0.05) is 25.5 Å². The van der Waals surface area contributed by atoms with Gasteiger partial charge in [-0.05, 0) is 55.2 Å². The molecule has 2 aromatic carbocycles. The van der Waals surface area contributed by atoms with E-state index >= 15 is 0 Å². The Morgan fingerprint density at radius 1 is 1.29 bits per heavy atom. The number of rotatable bonds is 7. The van der Waals surface area contributed by atoms with E-state index < -0.39 is 0 Å². The van der Waals surface area contributed by atoms with Crippen LogP contribution in [0.25, 0.3) is 22.0 Å². The van der Waals surface area contributed by atoms with E-state index in [-0.39, 0.29) is 5.88 Å². The molecule has 1 heterocycles. The van der Waals surface area contributed by atoms with Crippen molar-refractivity contribution in [3.63, 3.8) is 0 Å². The number of allylic oxidation sites excluding steroid dienone is 1. The topological polar surface area (TPSA) is 96.0 Å². The van der Waals surface area contributed by atoms with Gasteiger partial charge in [0, 0.05) is 35.9 Å². The van der Waals surface area contributed by atoms with Crippen LogP contribution in [0.5, 0.6) is 11.6 Å². The highest BCUT2D eigenvalue weighted by Gasteiger charge is 2.19. The van der Waals surface area contributed by atoms with E-state index in [9.17, 15) is 5.11 Å². The van der Waals surface area contributed by atoms with Gasteiger partial charge in [-0.25, -0.2) is 4.99 Å². The van der Waals surface area contributed by atoms with Gasteiger partial charge < -0.3 is 20.6 Å². The van der Waals surface area contributed by atoms with Crippen molar-refractivity contribution in [1.82, 2.24) is 4.98 Å². The molecular formula is C25H30N4O2. The Morgan fingerprint density at radius 2 is 2.06 bits per heavy atom. The van der Waals surface area contributed by atoms with E-state index in [1.165, 1.54) is 11.8 Å². The molecule has 3 rings (SSSR count). The van der Waals surface area contributed by atoms with Crippen molar-refractivity contribution in [2.75, 3.05) is 14.2 Å². The number of aliphatic imine (C=N–C) groups is 2. The van der Waals surface area contributed by atoms with Crippen LogP contribution in [0, 0.1) is 6.92 Å². The van der Waals surface area contributed by atoms with Crippen LogP contribution in [0.2, 0.25) is 0 Å². The maximum atomic E-state index is 10.7. The van der Waals surface area contributed by atoms with Crippen molar-refractivity contribution >= 4 is 22.8 Å². The van der Waals surface area contributed by atoms with Gasteiger partial charge in [-0.15, -0.1) is 0 Å². The molecule has 6 heteroatoms. The van der Waals surface area contributed by atoms with Crippen LogP contribution < -0.4 is 10.5 Å². The van der Waals surface area contributed by atoms with Crippen LogP contribution in [0.3, 0.4) is 0 Å². The van der Waals surface area contributed by atoms with E-state index in [2.05, 4.69) is 47.0 Å². The quantitative estimate of drug-likeness (QED) is 0.465. The fourth-order valence-corrected chi connectivity index (χ4v) is 3.99. The summed E-state index contributed by atoms with van der Waals surface area (Å²) in [5, 5.41) is 11.6. The molecule has 0 spiro atoms. The maximum absolute atomic E-state index is 10.7. The summed E-state index contributed by atoms with van der Waals surface area (Å²) < 4.78 is 5.71. The number of hydrogen-bond acceptors (Lipinski definition) is 5. The van der Waals surface area contributed by atoms with E-state index in [1.54, 1.807) is 20.4 Å². The maximum Gasteiger partial charge on any atom is 0.198 e. The molecule has 0 unspecified atom stereocenters. The number of aryl methyl sites for hydroxylation is 2. The molecule has 0 fully saturated rings. The smallest absolute Gasteiger partial charge is 0.198 e. The molecular weight excluding hydrogens is 388 g/mol. The molecule has 4 N–H and O–H groups in total. The zero-order valence-electron chi connectivity index (χ0n) is 18.8. The van der Waals surface area contributed by atoms with Crippen LogP contribution in [0.15, 0.2) is 52.2 Å². The van der Waals surface area contributed by atoms with Gasteiger partial charge in [0.1, 0.15) is 5.75 Å². The third kappa shape index (κ3) is 4.33. The second-order valence-corrected chi connectivity index (χ2v) is 7.48. The van der Waals surface area contributed by atoms with E-state index in [4.69, 9.17) is 10.5 Å². The first-order chi connectivity index (χ1) is 14.9. The van der Waals surface area contributed by atoms with Gasteiger partial charge in [0.05, 0.1) is 24.1 Å². The summed E-state index contributed by atoms with van der Waals surface area (Å²) in [6, 6.07) is 10.3. The van der Waals surface area contributed by atoms with E-state index in [0.717, 1.165) is 46.2 Å². The summed E-state index contributed by atoms with van der Waals surface area (Å²) >= 11 is 0. The van der Waals surface area contributed by atoms with Crippen molar-refractivity contribution in [2.24, 2.45) is 15.7 Å². The van der Waals surface area contributed by atoms with Gasteiger partial charge in [0.25, 0.3) is 0 Å². The zero-order valence-corrected chi connectivity index (χ0v) is 18.8. The summed E-state index contributed by atoms with van der Waals surface area (Å²) in [6.45, 7) is 6.09. The number of hydrogen-bond donors (Lipinski definition) is 3. The lowest BCUT2D eigenvalue weighted by Crippen LogP contribution is -1.99. The predicted octanol–water partition coefficient (Wildman–Crippen LogP) is 5.12. The summed E-state index contributed by atoms with van der Waals surface area (Å²) in [5.74, 6) is 0.916. The van der Waals surface area contributed by atoms with Crippen LogP contribution in [0.4, 0.5) is 0 Å². The molecule has 0 aliphatic carbocycles. The number of nitrogens with one attached hydrogen (secondary N) is 1. The van der Waals surface area contributed by atoms with Crippen molar-refractivity contribution in [3.8, 4) is 22.8 Å². The molecule has 0 bridgehead atoms. The molecule has 1 aromatic heterocycles. The Morgan fingerprint density at radius 3 is 2.71 bits per heavy atom. The average Bonchev–Trinajstić information content (AvgIpc) is 3.07. The summed E-state index contributed by atoms with van der Waals surface area (Å²) in [6.07, 6.45) is 4.97. The molecule has 0 saturated carbocycles. The molecule has 31 heavy (non-hydrogen) atoms. The molecule has 6 nitrogen and oxygen atoms in total. The summed E-state index contributed by atoms with van der Waals surface area (Å²) in [5.41, 5.74) is 12.8. The first kappa shape index (κ1) is 22.2. The summed E-state index contributed by atoms with van der Waals surface area (Å²) in [4.78, 5) is 11.6. The first-order valence-electron chi connectivity index (χ1n) is 10.4. The lowest BCUT2D eigenvalue weighted by Gasteiger charge is -2.16. The number of aromatic hydroxyl groups is 1. The molecule has 0 saturated heterocycles. The van der Waals surface area contributed by atoms with Crippen molar-refractivity contribution in [1.29, 1.82) is 0 Å². The van der Waals surface area contributed by atoms with Crippen LogP contribution in [0.1, 0.15) is 37.0 Å². The Labute approximate surface area is 183 Å². The highest BCUT2D eigenvalue weighted by Crippen LogP contribution is 2.40. The standard InChI is InChI=1S/C25H30N4O2/c1-6-8-17-9-7-10-22(31-5)24(17)19-12-20-21(11-15(19)2)29-25(30)23(20)16(3)28-18(13-26)14-27-4/h7,9-14,29-30H,6,8,26H2,1-5H3. The van der Waals surface area contributed by atoms with Crippen molar-refractivity contribution < 1.29 is 9.84 Å². The van der Waals surface area contributed by atoms with Crippen molar-refractivity contribution in [3.05, 3.63) is 58.9 Å². The minimum absolute atomic E-state index is 0.0754. The number of methoxy groups -OCH3 is 1. The number of fused-ring (bicyclic) bond motifs is 1. The molecule has 3 aromatic rings. The largest absolute Gasteiger partial charge is 0.496 e. The number of nitrogens with zero attached hydrogens (tertiary/aromatic N) is 2. The van der Waals surface area contributed by atoms with Gasteiger partial charge >= 0.3 is 0 Å². The number of H-pyrrole nitrogens is 1. The number of benzene rings is 2. The van der Waals surface area contributed by atoms with Gasteiger partial charge in [-0.2, -0.15) is 0 Å². The monoisotopic (exact) mass is 418 g/mol. The Hall–Kier alpha value is -3.54. The van der Waals surface area contributed by atoms with E-state index in [0.29, 0.717) is 17.0 Å². The third-order valence-corrected chi connectivity index (χ3v) is 5.34. The molecule has 0 aliphatic rings. The van der Waals surface area contributed by atoms with Crippen LogP contribution in [-0.2, 0) is 6.42 Å². The van der Waals surface area contributed by atoms with Gasteiger partial charge in [0.2, 0.25) is 0 Å². The Kier molecular flexibility index (Phi) is 6.80. The first-order valence-corrected chi connectivity index (χ1v) is 10.4. The second-order valence-electron chi connectivity index (χ2n) is 7.48. The van der Waals surface area contributed by atoms with Gasteiger partial charge in [-0.3, -0.25) is 4.99 Å². The lowest BCUT2D eigenvalue weighted by atomic mass is 9.91. The molecule has 0 amide bonds. The number of nitrogens with two attached hydrogens (primary N) is 1. The van der Waals surface area contributed by atoms with Gasteiger partial charge in [0.15, 0.2) is 5.88 Å². The number of ether oxygens (including phenoxy) is 1. The minimum Gasteiger partial charge on any atom is -0.496 e. The van der Waals surface area contributed by atoms with Crippen molar-refractivity contribution in [2.45, 2.75) is 33.6 Å². The lowest BCUT2D eigenvalue weighted by molar-refractivity contribution is 0.416. The van der Waals surface area contributed by atoms with Crippen LogP contribution in [-0.4, -0.2) is 36.2 Å². The highest BCUT2D eigenvalue weighted by molar-refractivity contribution is 6.13. The number of aromatic amines is 1. The molecule has 0 aliphatic heterocycles. The second kappa shape index (κ2) is 9.51. The molecule has 0 radical (unpaired) electrons. The Balaban J connectivity index is 2.28. The number of aromatic nitrogens is 1. The van der Waals surface area contributed by atoms with Crippen LogP contribution >= 0.6 is 0 Å². The minimum atomic E-state index is 0.0754.